The molecular weight excluding hydrogens is 336 g/mol. The maximum absolute atomic E-state index is 12.2. The Bertz CT molecular complexity index is 676. The van der Waals surface area contributed by atoms with Crippen molar-refractivity contribution >= 4 is 17.4 Å². The van der Waals surface area contributed by atoms with E-state index in [-0.39, 0.29) is 17.8 Å². The van der Waals surface area contributed by atoms with Crippen LogP contribution in [0.15, 0.2) is 29.6 Å². The van der Waals surface area contributed by atoms with Crippen LogP contribution in [-0.4, -0.2) is 29.6 Å². The average Bonchev–Trinajstić information content (AvgIpc) is 2.92. The third kappa shape index (κ3) is 5.16. The minimum atomic E-state index is -2.85. The minimum absolute atomic E-state index is 0.0864. The molecule has 0 saturated heterocycles. The molecule has 1 aromatic carbocycles. The Hall–Kier alpha value is -2.22. The van der Waals surface area contributed by atoms with Gasteiger partial charge in [-0.05, 0) is 31.5 Å². The van der Waals surface area contributed by atoms with Gasteiger partial charge in [0.25, 0.3) is 0 Å². The van der Waals surface area contributed by atoms with Crippen molar-refractivity contribution in [1.29, 1.82) is 0 Å². The average molecular weight is 355 g/mol. The van der Waals surface area contributed by atoms with Gasteiger partial charge in [-0.2, -0.15) is 8.78 Å². The van der Waals surface area contributed by atoms with Crippen LogP contribution in [-0.2, 0) is 6.54 Å². The quantitative estimate of drug-likeness (QED) is 0.853. The number of aryl methyl sites for hydroxylation is 1. The smallest absolute Gasteiger partial charge is 0.387 e. The molecule has 0 fully saturated rings. The van der Waals surface area contributed by atoms with E-state index in [9.17, 15) is 13.6 Å². The van der Waals surface area contributed by atoms with E-state index in [1.165, 1.54) is 23.5 Å². The van der Waals surface area contributed by atoms with Crippen LogP contribution in [0.25, 0.3) is 0 Å². The van der Waals surface area contributed by atoms with E-state index in [0.29, 0.717) is 6.54 Å². The number of ether oxygens (including phenoxy) is 1. The Kier molecular flexibility index (Phi) is 6.08. The minimum Gasteiger partial charge on any atom is -0.435 e. The monoisotopic (exact) mass is 355 g/mol. The number of rotatable bonds is 6. The number of alkyl halides is 2. The number of amides is 2. The number of urea groups is 1. The second-order valence-corrected chi connectivity index (χ2v) is 6.39. The van der Waals surface area contributed by atoms with Gasteiger partial charge in [0, 0.05) is 12.4 Å². The molecule has 0 aliphatic carbocycles. The van der Waals surface area contributed by atoms with E-state index in [4.69, 9.17) is 0 Å². The zero-order valence-corrected chi connectivity index (χ0v) is 14.4. The lowest BCUT2D eigenvalue weighted by Gasteiger charge is -2.21. The van der Waals surface area contributed by atoms with Crippen LogP contribution < -0.4 is 10.1 Å². The fraction of sp³-hybridized carbons (Fsp3) is 0.375. The lowest BCUT2D eigenvalue weighted by Crippen LogP contribution is -2.38. The molecule has 2 amide bonds. The van der Waals surface area contributed by atoms with Crippen molar-refractivity contribution in [2.75, 3.05) is 7.05 Å². The summed E-state index contributed by atoms with van der Waals surface area (Å²) in [5, 5.41) is 5.73. The van der Waals surface area contributed by atoms with Gasteiger partial charge in [-0.1, -0.05) is 12.1 Å². The normalized spacial score (nSPS) is 12.1. The molecule has 2 aromatic rings. The summed E-state index contributed by atoms with van der Waals surface area (Å²) in [5.74, 6) is 0.0864. The molecule has 130 valence electrons. The highest BCUT2D eigenvalue weighted by Gasteiger charge is 2.15. The molecule has 8 heteroatoms. The highest BCUT2D eigenvalue weighted by atomic mass is 32.1. The zero-order chi connectivity index (χ0) is 17.7. The van der Waals surface area contributed by atoms with Gasteiger partial charge in [-0.3, -0.25) is 0 Å². The number of hydrogen-bond acceptors (Lipinski definition) is 4. The second kappa shape index (κ2) is 8.05. The van der Waals surface area contributed by atoms with Crippen molar-refractivity contribution in [2.24, 2.45) is 0 Å². The summed E-state index contributed by atoms with van der Waals surface area (Å²) in [6.07, 6.45) is 0. The van der Waals surface area contributed by atoms with Gasteiger partial charge in [-0.15, -0.1) is 11.3 Å². The van der Waals surface area contributed by atoms with E-state index >= 15 is 0 Å². The van der Waals surface area contributed by atoms with Crippen molar-refractivity contribution in [1.82, 2.24) is 15.2 Å². The number of nitrogens with one attached hydrogen (secondary N) is 1. The maximum Gasteiger partial charge on any atom is 0.387 e. The first-order chi connectivity index (χ1) is 11.3. The molecule has 1 unspecified atom stereocenters. The number of carbonyl (C=O) groups excluding carboxylic acids is 1. The molecule has 2 rings (SSSR count). The van der Waals surface area contributed by atoms with Crippen molar-refractivity contribution in [2.45, 2.75) is 33.0 Å². The van der Waals surface area contributed by atoms with Crippen LogP contribution in [0.2, 0.25) is 0 Å². The lowest BCUT2D eigenvalue weighted by molar-refractivity contribution is -0.0498. The van der Waals surface area contributed by atoms with Crippen LogP contribution in [0, 0.1) is 6.92 Å². The number of hydrogen-bond donors (Lipinski definition) is 1. The fourth-order valence-corrected chi connectivity index (χ4v) is 2.72. The number of aromatic nitrogens is 1. The Morgan fingerprint density at radius 1 is 1.38 bits per heavy atom. The molecule has 1 N–H and O–H groups in total. The van der Waals surface area contributed by atoms with Gasteiger partial charge in [0.1, 0.15) is 5.75 Å². The van der Waals surface area contributed by atoms with Gasteiger partial charge in [0.2, 0.25) is 0 Å². The Morgan fingerprint density at radius 3 is 2.58 bits per heavy atom. The van der Waals surface area contributed by atoms with Gasteiger partial charge in [0.05, 0.1) is 23.3 Å². The Labute approximate surface area is 143 Å². The Balaban J connectivity index is 1.90. The molecule has 0 spiro atoms. The van der Waals surface area contributed by atoms with Crippen molar-refractivity contribution < 1.29 is 18.3 Å². The third-order valence-corrected chi connectivity index (χ3v) is 4.18. The molecular formula is C16H19F2N3O2S. The van der Waals surface area contributed by atoms with Crippen LogP contribution in [0.5, 0.6) is 5.75 Å². The predicted molar refractivity (Wildman–Crippen MR) is 88.3 cm³/mol. The summed E-state index contributed by atoms with van der Waals surface area (Å²) in [5.41, 5.74) is 1.64. The summed E-state index contributed by atoms with van der Waals surface area (Å²) in [6.45, 7) is 1.31. The molecule has 1 atom stereocenters. The van der Waals surface area contributed by atoms with Crippen LogP contribution in [0.1, 0.15) is 29.2 Å². The summed E-state index contributed by atoms with van der Waals surface area (Å²) in [7, 11) is 1.69. The first-order valence-corrected chi connectivity index (χ1v) is 8.20. The molecule has 0 bridgehead atoms. The zero-order valence-electron chi connectivity index (χ0n) is 13.6. The van der Waals surface area contributed by atoms with E-state index in [2.05, 4.69) is 15.0 Å². The highest BCUT2D eigenvalue weighted by Crippen LogP contribution is 2.19. The number of benzene rings is 1. The summed E-state index contributed by atoms with van der Waals surface area (Å²) in [6, 6.07) is 5.69. The first-order valence-electron chi connectivity index (χ1n) is 7.32. The molecule has 5 nitrogen and oxygen atoms in total. The van der Waals surface area contributed by atoms with Gasteiger partial charge in [0.15, 0.2) is 0 Å². The molecule has 1 heterocycles. The van der Waals surface area contributed by atoms with Crippen LogP contribution in [0.3, 0.4) is 0 Å². The maximum atomic E-state index is 12.2. The fourth-order valence-electron chi connectivity index (χ4n) is 2.11. The number of halogens is 2. The molecule has 0 saturated carbocycles. The highest BCUT2D eigenvalue weighted by molar-refractivity contribution is 7.09. The van der Waals surface area contributed by atoms with Crippen molar-refractivity contribution in [3.05, 3.63) is 45.9 Å². The molecule has 24 heavy (non-hydrogen) atoms. The third-order valence-electron chi connectivity index (χ3n) is 3.36. The predicted octanol–water partition coefficient (Wildman–Crippen LogP) is 3.96. The molecule has 0 aliphatic heterocycles. The van der Waals surface area contributed by atoms with E-state index in [0.717, 1.165) is 16.3 Å². The van der Waals surface area contributed by atoms with Crippen LogP contribution >= 0.6 is 11.3 Å². The van der Waals surface area contributed by atoms with Gasteiger partial charge < -0.3 is 15.0 Å². The van der Waals surface area contributed by atoms with E-state index in [1.54, 1.807) is 24.1 Å². The standard InChI is InChI=1S/C16H19F2N3O2S/c1-10(12-4-6-14(7-5-12)23-15(17)18)19-16(22)21(3)8-13-9-24-11(2)20-13/h4-7,9-10,15H,8H2,1-3H3,(H,19,22). The van der Waals surface area contributed by atoms with Gasteiger partial charge in [-0.25, -0.2) is 9.78 Å². The number of carbonyl (C=O) groups is 1. The first kappa shape index (κ1) is 18.1. The lowest BCUT2D eigenvalue weighted by atomic mass is 10.1. The van der Waals surface area contributed by atoms with E-state index in [1.807, 2.05) is 19.2 Å². The summed E-state index contributed by atoms with van der Waals surface area (Å²) in [4.78, 5) is 18.1. The van der Waals surface area contributed by atoms with E-state index < -0.39 is 6.61 Å². The summed E-state index contributed by atoms with van der Waals surface area (Å²) >= 11 is 1.54. The van der Waals surface area contributed by atoms with Crippen LogP contribution in [0.4, 0.5) is 13.6 Å². The molecule has 1 aromatic heterocycles. The second-order valence-electron chi connectivity index (χ2n) is 5.33. The molecule has 0 radical (unpaired) electrons. The summed E-state index contributed by atoms with van der Waals surface area (Å²) < 4.78 is 28.6. The topological polar surface area (TPSA) is 54.5 Å². The number of nitrogens with zero attached hydrogens (tertiary/aromatic N) is 2. The molecule has 0 aliphatic rings. The van der Waals surface area contributed by atoms with Crippen molar-refractivity contribution in [3.8, 4) is 5.75 Å². The van der Waals surface area contributed by atoms with Gasteiger partial charge >= 0.3 is 12.6 Å². The largest absolute Gasteiger partial charge is 0.435 e. The SMILES string of the molecule is Cc1nc(CN(C)C(=O)NC(C)c2ccc(OC(F)F)cc2)cs1. The Morgan fingerprint density at radius 2 is 2.04 bits per heavy atom. The van der Waals surface area contributed by atoms with Crippen molar-refractivity contribution in [3.63, 3.8) is 0 Å². The number of thiazole rings is 1.